The predicted octanol–water partition coefficient (Wildman–Crippen LogP) is 2.21. The molecule has 0 aliphatic carbocycles. The summed E-state index contributed by atoms with van der Waals surface area (Å²) in [7, 11) is 0. The van der Waals surface area contributed by atoms with Crippen LogP contribution in [0.4, 0.5) is 0 Å². The van der Waals surface area contributed by atoms with Gasteiger partial charge in [-0.2, -0.15) is 0 Å². The van der Waals surface area contributed by atoms with Gasteiger partial charge in [0.1, 0.15) is 6.04 Å². The first-order valence-corrected chi connectivity index (χ1v) is 8.33. The van der Waals surface area contributed by atoms with E-state index in [4.69, 9.17) is 0 Å². The Hall–Kier alpha value is -1.49. The summed E-state index contributed by atoms with van der Waals surface area (Å²) in [6, 6.07) is 8.08. The van der Waals surface area contributed by atoms with Crippen LogP contribution in [-0.2, 0) is 9.59 Å². The monoisotopic (exact) mass is 306 g/mol. The van der Waals surface area contributed by atoms with E-state index in [1.54, 1.807) is 23.6 Å². The van der Waals surface area contributed by atoms with E-state index in [1.807, 2.05) is 0 Å². The van der Waals surface area contributed by atoms with E-state index >= 15 is 0 Å². The maximum absolute atomic E-state index is 12.1. The van der Waals surface area contributed by atoms with Crippen LogP contribution in [0.15, 0.2) is 29.2 Å². The second-order valence-electron chi connectivity index (χ2n) is 5.32. The van der Waals surface area contributed by atoms with E-state index < -0.39 is 0 Å². The molecule has 1 saturated heterocycles. The second kappa shape index (κ2) is 7.50. The molecule has 21 heavy (non-hydrogen) atoms. The third kappa shape index (κ3) is 4.49. The summed E-state index contributed by atoms with van der Waals surface area (Å²) in [5, 5.41) is 2.77. The molecule has 1 N–H and O–H groups in total. The molecular weight excluding hydrogens is 284 g/mol. The number of rotatable bonds is 5. The van der Waals surface area contributed by atoms with Crippen molar-refractivity contribution in [2.24, 2.45) is 0 Å². The minimum absolute atomic E-state index is 0.0522. The van der Waals surface area contributed by atoms with Crippen molar-refractivity contribution in [2.45, 2.75) is 37.6 Å². The summed E-state index contributed by atoms with van der Waals surface area (Å²) >= 11 is 1.77. The Balaban J connectivity index is 1.71. The van der Waals surface area contributed by atoms with E-state index in [1.165, 1.54) is 10.5 Å². The first kappa shape index (κ1) is 15.9. The zero-order valence-corrected chi connectivity index (χ0v) is 13.4. The Labute approximate surface area is 130 Å². The van der Waals surface area contributed by atoms with Crippen molar-refractivity contribution in [3.05, 3.63) is 29.8 Å². The molecule has 4 nitrogen and oxygen atoms in total. The molecular formula is C16H22N2O2S. The van der Waals surface area contributed by atoms with Crippen molar-refractivity contribution in [3.8, 4) is 0 Å². The summed E-state index contributed by atoms with van der Waals surface area (Å²) in [6.45, 7) is 5.04. The van der Waals surface area contributed by atoms with E-state index in [-0.39, 0.29) is 17.9 Å². The van der Waals surface area contributed by atoms with Crippen LogP contribution >= 0.6 is 11.8 Å². The summed E-state index contributed by atoms with van der Waals surface area (Å²) < 4.78 is 0. The van der Waals surface area contributed by atoms with Crippen LogP contribution in [-0.4, -0.2) is 41.6 Å². The number of benzene rings is 1. The minimum Gasteiger partial charge on any atom is -0.353 e. The molecule has 1 fully saturated rings. The average molecular weight is 306 g/mol. The maximum Gasteiger partial charge on any atom is 0.242 e. The molecule has 0 bridgehead atoms. The molecule has 5 heteroatoms. The van der Waals surface area contributed by atoms with Gasteiger partial charge in [0.25, 0.3) is 0 Å². The average Bonchev–Trinajstić information content (AvgIpc) is 2.48. The molecule has 2 rings (SSSR count). The van der Waals surface area contributed by atoms with Crippen LogP contribution in [0.25, 0.3) is 0 Å². The van der Waals surface area contributed by atoms with Gasteiger partial charge >= 0.3 is 0 Å². The Morgan fingerprint density at radius 2 is 2.10 bits per heavy atom. The molecule has 1 aromatic rings. The zero-order chi connectivity index (χ0) is 15.2. The van der Waals surface area contributed by atoms with Gasteiger partial charge in [0, 0.05) is 24.4 Å². The Bertz CT molecular complexity index is 502. The number of nitrogens with one attached hydrogen (secondary N) is 1. The van der Waals surface area contributed by atoms with Crippen molar-refractivity contribution in [1.82, 2.24) is 10.2 Å². The fourth-order valence-corrected chi connectivity index (χ4v) is 3.17. The molecule has 1 unspecified atom stereocenters. The van der Waals surface area contributed by atoms with Gasteiger partial charge in [-0.1, -0.05) is 17.7 Å². The smallest absolute Gasteiger partial charge is 0.242 e. The van der Waals surface area contributed by atoms with Crippen LogP contribution < -0.4 is 5.32 Å². The molecule has 0 aromatic heterocycles. The van der Waals surface area contributed by atoms with Gasteiger partial charge in [0.2, 0.25) is 11.8 Å². The molecule has 1 aromatic carbocycles. The largest absolute Gasteiger partial charge is 0.353 e. The van der Waals surface area contributed by atoms with Crippen molar-refractivity contribution < 1.29 is 9.59 Å². The number of hydrogen-bond donors (Lipinski definition) is 1. The zero-order valence-electron chi connectivity index (χ0n) is 12.6. The lowest BCUT2D eigenvalue weighted by Gasteiger charge is -2.32. The van der Waals surface area contributed by atoms with E-state index in [2.05, 4.69) is 36.5 Å². The van der Waals surface area contributed by atoms with Crippen molar-refractivity contribution in [2.75, 3.05) is 18.8 Å². The second-order valence-corrected chi connectivity index (χ2v) is 6.49. The quantitative estimate of drug-likeness (QED) is 0.670. The fourth-order valence-electron chi connectivity index (χ4n) is 2.31. The van der Waals surface area contributed by atoms with Gasteiger partial charge in [-0.3, -0.25) is 9.59 Å². The van der Waals surface area contributed by atoms with Gasteiger partial charge in [0.15, 0.2) is 0 Å². The molecule has 1 atom stereocenters. The lowest BCUT2D eigenvalue weighted by molar-refractivity contribution is -0.142. The topological polar surface area (TPSA) is 49.4 Å². The van der Waals surface area contributed by atoms with Gasteiger partial charge in [0.05, 0.1) is 0 Å². The summed E-state index contributed by atoms with van der Waals surface area (Å²) in [4.78, 5) is 26.6. The summed E-state index contributed by atoms with van der Waals surface area (Å²) in [5.74, 6) is 0.953. The number of nitrogens with zero attached hydrogens (tertiary/aromatic N) is 1. The number of amides is 2. The molecule has 114 valence electrons. The van der Waals surface area contributed by atoms with Crippen LogP contribution in [0.5, 0.6) is 0 Å². The maximum atomic E-state index is 12.1. The lowest BCUT2D eigenvalue weighted by atomic mass is 10.2. The highest BCUT2D eigenvalue weighted by Gasteiger charge is 2.28. The van der Waals surface area contributed by atoms with E-state index in [0.29, 0.717) is 19.5 Å². The highest BCUT2D eigenvalue weighted by molar-refractivity contribution is 7.99. The first-order chi connectivity index (χ1) is 10.1. The normalized spacial score (nSPS) is 18.5. The highest BCUT2D eigenvalue weighted by atomic mass is 32.2. The molecule has 1 aliphatic rings. The molecule has 0 saturated carbocycles. The van der Waals surface area contributed by atoms with Crippen LogP contribution in [0, 0.1) is 6.92 Å². The van der Waals surface area contributed by atoms with Crippen LogP contribution in [0.2, 0.25) is 0 Å². The Morgan fingerprint density at radius 1 is 1.38 bits per heavy atom. The van der Waals surface area contributed by atoms with Crippen LogP contribution in [0.1, 0.15) is 25.3 Å². The molecule has 0 spiro atoms. The molecule has 1 aliphatic heterocycles. The number of piperazine rings is 1. The van der Waals surface area contributed by atoms with Crippen molar-refractivity contribution in [1.29, 1.82) is 0 Å². The number of carbonyl (C=O) groups excluding carboxylic acids is 2. The van der Waals surface area contributed by atoms with E-state index in [9.17, 15) is 9.59 Å². The number of thioether (sulfide) groups is 1. The third-order valence-electron chi connectivity index (χ3n) is 3.64. The van der Waals surface area contributed by atoms with Crippen molar-refractivity contribution in [3.63, 3.8) is 0 Å². The number of carbonyl (C=O) groups is 2. The molecule has 0 radical (unpaired) electrons. The van der Waals surface area contributed by atoms with Crippen molar-refractivity contribution >= 4 is 23.6 Å². The third-order valence-corrected chi connectivity index (χ3v) is 4.74. The van der Waals surface area contributed by atoms with E-state index in [0.717, 1.165) is 12.2 Å². The minimum atomic E-state index is -0.337. The fraction of sp³-hybridized carbons (Fsp3) is 0.500. The SMILES string of the molecule is Cc1ccc(SCCCC(=O)N2CCNC(=O)C2C)cc1. The van der Waals surface area contributed by atoms with Crippen LogP contribution in [0.3, 0.4) is 0 Å². The number of aryl methyl sites for hydroxylation is 1. The van der Waals surface area contributed by atoms with Gasteiger partial charge in [-0.15, -0.1) is 11.8 Å². The highest BCUT2D eigenvalue weighted by Crippen LogP contribution is 2.20. The summed E-state index contributed by atoms with van der Waals surface area (Å²) in [5.41, 5.74) is 1.26. The Morgan fingerprint density at radius 3 is 2.81 bits per heavy atom. The predicted molar refractivity (Wildman–Crippen MR) is 85.3 cm³/mol. The standard InChI is InChI=1S/C16H22N2O2S/c1-12-5-7-14(8-6-12)21-11-3-4-15(19)18-10-9-17-16(20)13(18)2/h5-8,13H,3-4,9-11H2,1-2H3,(H,17,20). The Kier molecular flexibility index (Phi) is 5.67. The van der Waals surface area contributed by atoms with Gasteiger partial charge in [-0.25, -0.2) is 0 Å². The van der Waals surface area contributed by atoms with Gasteiger partial charge < -0.3 is 10.2 Å². The first-order valence-electron chi connectivity index (χ1n) is 7.34. The van der Waals surface area contributed by atoms with Gasteiger partial charge in [-0.05, 0) is 38.2 Å². The summed E-state index contributed by atoms with van der Waals surface area (Å²) in [6.07, 6.45) is 1.35. The number of hydrogen-bond acceptors (Lipinski definition) is 3. The molecule has 2 amide bonds. The molecule has 1 heterocycles. The lowest BCUT2D eigenvalue weighted by Crippen LogP contribution is -2.55.